The SMILES string of the molecule is O=C(N[C@@H]1C[C@@H](Oc2ccccc2)[C@H](O)[C@H]1N1CCCCC1)c1ncc[nH]1. The number of ether oxygens (including phenoxy) is 1. The van der Waals surface area contributed by atoms with Crippen LogP contribution in [-0.4, -0.2) is 63.3 Å². The topological polar surface area (TPSA) is 90.5 Å². The van der Waals surface area contributed by atoms with Crippen LogP contribution < -0.4 is 10.1 Å². The summed E-state index contributed by atoms with van der Waals surface area (Å²) in [7, 11) is 0. The first-order chi connectivity index (χ1) is 13.2. The van der Waals surface area contributed by atoms with Gasteiger partial charge in [0.05, 0.1) is 12.1 Å². The van der Waals surface area contributed by atoms with Gasteiger partial charge in [-0.1, -0.05) is 24.6 Å². The van der Waals surface area contributed by atoms with Crippen molar-refractivity contribution in [3.63, 3.8) is 0 Å². The summed E-state index contributed by atoms with van der Waals surface area (Å²) in [6.07, 6.45) is 6.17. The Labute approximate surface area is 158 Å². The van der Waals surface area contributed by atoms with Gasteiger partial charge in [0, 0.05) is 18.8 Å². The Bertz CT molecular complexity index is 731. The molecule has 4 atom stereocenters. The number of aromatic nitrogens is 2. The molecule has 1 saturated carbocycles. The zero-order valence-electron chi connectivity index (χ0n) is 15.3. The Hall–Kier alpha value is -2.38. The van der Waals surface area contributed by atoms with Crippen LogP contribution in [0.2, 0.25) is 0 Å². The van der Waals surface area contributed by atoms with Gasteiger partial charge in [-0.25, -0.2) is 4.98 Å². The zero-order chi connectivity index (χ0) is 18.6. The van der Waals surface area contributed by atoms with E-state index in [0.29, 0.717) is 6.42 Å². The van der Waals surface area contributed by atoms with Crippen molar-refractivity contribution >= 4 is 5.91 Å². The molecule has 7 nitrogen and oxygen atoms in total. The van der Waals surface area contributed by atoms with Gasteiger partial charge < -0.3 is 20.1 Å². The van der Waals surface area contributed by atoms with E-state index in [-0.39, 0.29) is 29.9 Å². The number of aromatic amines is 1. The quantitative estimate of drug-likeness (QED) is 0.743. The molecular weight excluding hydrogens is 344 g/mol. The van der Waals surface area contributed by atoms with E-state index in [1.165, 1.54) is 6.42 Å². The standard InChI is InChI=1S/C20H26N4O3/c25-18-16(27-14-7-3-1-4-8-14)13-15(17(18)24-11-5-2-6-12-24)23-20(26)19-21-9-10-22-19/h1,3-4,7-10,15-18,25H,2,5-6,11-13H2,(H,21,22)(H,23,26)/t15-,16-,17+,18+/m1/s1. The molecule has 1 aliphatic carbocycles. The number of hydrogen-bond donors (Lipinski definition) is 3. The van der Waals surface area contributed by atoms with Gasteiger partial charge in [0.2, 0.25) is 0 Å². The van der Waals surface area contributed by atoms with Crippen LogP contribution in [0.4, 0.5) is 0 Å². The Kier molecular flexibility index (Phi) is 5.40. The maximum atomic E-state index is 12.5. The molecular formula is C20H26N4O3. The van der Waals surface area contributed by atoms with E-state index < -0.39 is 6.10 Å². The number of rotatable bonds is 5. The molecule has 27 heavy (non-hydrogen) atoms. The second kappa shape index (κ2) is 8.10. The van der Waals surface area contributed by atoms with Gasteiger partial charge in [0.1, 0.15) is 18.0 Å². The highest BCUT2D eigenvalue weighted by molar-refractivity contribution is 5.90. The third-order valence-corrected chi connectivity index (χ3v) is 5.50. The van der Waals surface area contributed by atoms with E-state index in [4.69, 9.17) is 4.74 Å². The first-order valence-electron chi connectivity index (χ1n) is 9.66. The monoisotopic (exact) mass is 370 g/mol. The first-order valence-corrected chi connectivity index (χ1v) is 9.66. The molecule has 2 aromatic rings. The number of amides is 1. The number of aliphatic hydroxyl groups excluding tert-OH is 1. The number of nitrogens with one attached hydrogen (secondary N) is 2. The normalized spacial score (nSPS) is 28.8. The number of H-pyrrole nitrogens is 1. The maximum Gasteiger partial charge on any atom is 0.287 e. The number of carbonyl (C=O) groups excluding carboxylic acids is 1. The molecule has 0 radical (unpaired) electrons. The molecule has 3 N–H and O–H groups in total. The van der Waals surface area contributed by atoms with E-state index >= 15 is 0 Å². The van der Waals surface area contributed by atoms with Gasteiger partial charge in [0.25, 0.3) is 5.91 Å². The minimum atomic E-state index is -0.662. The lowest BCUT2D eigenvalue weighted by atomic mass is 10.0. The van der Waals surface area contributed by atoms with Gasteiger partial charge in [0.15, 0.2) is 5.82 Å². The molecule has 1 aromatic heterocycles. The van der Waals surface area contributed by atoms with Crippen LogP contribution in [0.25, 0.3) is 0 Å². The fourth-order valence-corrected chi connectivity index (χ4v) is 4.24. The average molecular weight is 370 g/mol. The number of benzene rings is 1. The molecule has 2 heterocycles. The third kappa shape index (κ3) is 3.99. The summed E-state index contributed by atoms with van der Waals surface area (Å²) in [6.45, 7) is 1.87. The first kappa shape index (κ1) is 18.0. The second-order valence-corrected chi connectivity index (χ2v) is 7.30. The van der Waals surface area contributed by atoms with E-state index in [1.807, 2.05) is 30.3 Å². The highest BCUT2D eigenvalue weighted by atomic mass is 16.5. The zero-order valence-corrected chi connectivity index (χ0v) is 15.3. The van der Waals surface area contributed by atoms with Crippen molar-refractivity contribution in [1.82, 2.24) is 20.2 Å². The third-order valence-electron chi connectivity index (χ3n) is 5.50. The molecule has 0 bridgehead atoms. The number of imidazole rings is 1. The average Bonchev–Trinajstić information content (AvgIpc) is 3.33. The van der Waals surface area contributed by atoms with Gasteiger partial charge in [-0.2, -0.15) is 0 Å². The number of likely N-dealkylation sites (tertiary alicyclic amines) is 1. The summed E-state index contributed by atoms with van der Waals surface area (Å²) in [6, 6.07) is 9.18. The largest absolute Gasteiger partial charge is 0.488 e. The van der Waals surface area contributed by atoms with Crippen molar-refractivity contribution in [1.29, 1.82) is 0 Å². The Morgan fingerprint density at radius 2 is 2.00 bits per heavy atom. The highest BCUT2D eigenvalue weighted by Crippen LogP contribution is 2.31. The van der Waals surface area contributed by atoms with Gasteiger partial charge in [-0.3, -0.25) is 9.69 Å². The molecule has 1 aliphatic heterocycles. The molecule has 0 spiro atoms. The van der Waals surface area contributed by atoms with E-state index in [9.17, 15) is 9.90 Å². The lowest BCUT2D eigenvalue weighted by Gasteiger charge is -2.37. The lowest BCUT2D eigenvalue weighted by molar-refractivity contribution is 0.00144. The number of nitrogens with zero attached hydrogens (tertiary/aromatic N) is 2. The van der Waals surface area contributed by atoms with Crippen molar-refractivity contribution < 1.29 is 14.6 Å². The Balaban J connectivity index is 1.51. The van der Waals surface area contributed by atoms with Crippen molar-refractivity contribution in [3.05, 3.63) is 48.5 Å². The van der Waals surface area contributed by atoms with Crippen molar-refractivity contribution in [2.24, 2.45) is 0 Å². The van der Waals surface area contributed by atoms with Crippen LogP contribution >= 0.6 is 0 Å². The molecule has 0 unspecified atom stereocenters. The smallest absolute Gasteiger partial charge is 0.287 e. The molecule has 1 saturated heterocycles. The van der Waals surface area contributed by atoms with Crippen LogP contribution in [0.15, 0.2) is 42.7 Å². The molecule has 2 aliphatic rings. The van der Waals surface area contributed by atoms with Crippen LogP contribution in [0.1, 0.15) is 36.3 Å². The summed E-state index contributed by atoms with van der Waals surface area (Å²) in [5.74, 6) is 0.769. The predicted molar refractivity (Wildman–Crippen MR) is 101 cm³/mol. The molecule has 4 rings (SSSR count). The predicted octanol–water partition coefficient (Wildman–Crippen LogP) is 1.57. The minimum Gasteiger partial charge on any atom is -0.488 e. The van der Waals surface area contributed by atoms with Crippen LogP contribution in [0.3, 0.4) is 0 Å². The van der Waals surface area contributed by atoms with Gasteiger partial charge in [-0.15, -0.1) is 0 Å². The van der Waals surface area contributed by atoms with E-state index in [0.717, 1.165) is 31.7 Å². The van der Waals surface area contributed by atoms with Gasteiger partial charge in [-0.05, 0) is 38.1 Å². The second-order valence-electron chi connectivity index (χ2n) is 7.30. The van der Waals surface area contributed by atoms with Crippen LogP contribution in [-0.2, 0) is 0 Å². The van der Waals surface area contributed by atoms with Crippen molar-refractivity contribution in [2.75, 3.05) is 13.1 Å². The number of hydrogen-bond acceptors (Lipinski definition) is 5. The summed E-state index contributed by atoms with van der Waals surface area (Å²) in [5.41, 5.74) is 0. The summed E-state index contributed by atoms with van der Waals surface area (Å²) >= 11 is 0. The fourth-order valence-electron chi connectivity index (χ4n) is 4.24. The lowest BCUT2D eigenvalue weighted by Crippen LogP contribution is -2.54. The summed E-state index contributed by atoms with van der Waals surface area (Å²) in [4.78, 5) is 21.7. The Morgan fingerprint density at radius 3 is 2.70 bits per heavy atom. The van der Waals surface area contributed by atoms with Crippen LogP contribution in [0, 0.1) is 0 Å². The molecule has 7 heteroatoms. The van der Waals surface area contributed by atoms with Crippen molar-refractivity contribution in [3.8, 4) is 5.75 Å². The number of para-hydroxylation sites is 1. The maximum absolute atomic E-state index is 12.5. The number of piperidine rings is 1. The number of carbonyl (C=O) groups is 1. The van der Waals surface area contributed by atoms with E-state index in [1.54, 1.807) is 12.4 Å². The Morgan fingerprint density at radius 1 is 1.22 bits per heavy atom. The van der Waals surface area contributed by atoms with E-state index in [2.05, 4.69) is 20.2 Å². The minimum absolute atomic E-state index is 0.155. The molecule has 2 fully saturated rings. The molecule has 1 aromatic carbocycles. The number of aliphatic hydroxyl groups is 1. The summed E-state index contributed by atoms with van der Waals surface area (Å²) in [5, 5.41) is 14.1. The summed E-state index contributed by atoms with van der Waals surface area (Å²) < 4.78 is 6.06. The van der Waals surface area contributed by atoms with Crippen molar-refractivity contribution in [2.45, 2.75) is 50.0 Å². The highest BCUT2D eigenvalue weighted by Gasteiger charge is 2.47. The van der Waals surface area contributed by atoms with Gasteiger partial charge >= 0.3 is 0 Å². The molecule has 1 amide bonds. The fraction of sp³-hybridized carbons (Fsp3) is 0.500. The molecule has 144 valence electrons. The van der Waals surface area contributed by atoms with Crippen LogP contribution in [0.5, 0.6) is 5.75 Å².